The van der Waals surface area contributed by atoms with E-state index in [4.69, 9.17) is 11.5 Å². The quantitative estimate of drug-likeness (QED) is 0.431. The highest BCUT2D eigenvalue weighted by atomic mass is 16.2. The van der Waals surface area contributed by atoms with Crippen molar-refractivity contribution in [1.29, 1.82) is 0 Å². The molecule has 17 heavy (non-hydrogen) atoms. The van der Waals surface area contributed by atoms with Gasteiger partial charge in [0.1, 0.15) is 6.54 Å². The van der Waals surface area contributed by atoms with Gasteiger partial charge in [-0.1, -0.05) is 12.1 Å². The Morgan fingerprint density at radius 2 is 2.18 bits per heavy atom. The third-order valence-corrected chi connectivity index (χ3v) is 2.05. The molecule has 1 amide bonds. The summed E-state index contributed by atoms with van der Waals surface area (Å²) in [6, 6.07) is 7.46. The van der Waals surface area contributed by atoms with Gasteiger partial charge in [0.2, 0.25) is 11.9 Å². The first kappa shape index (κ1) is 10.9. The number of guanidine groups is 1. The minimum absolute atomic E-state index is 0.121. The van der Waals surface area contributed by atoms with E-state index in [2.05, 4.69) is 20.3 Å². The number of anilines is 1. The molecule has 2 rings (SSSR count). The molecule has 0 saturated heterocycles. The van der Waals surface area contributed by atoms with Crippen molar-refractivity contribution in [2.24, 2.45) is 16.5 Å². The van der Waals surface area contributed by atoms with Crippen LogP contribution in [0.15, 0.2) is 29.3 Å². The number of aromatic amines is 1. The summed E-state index contributed by atoms with van der Waals surface area (Å²) in [5.74, 6) is -0.0794. The number of aromatic nitrogens is 2. The molecule has 1 heterocycles. The standard InChI is InChI=1S/C10H12N6O/c11-9(12)13-5-8(17)16-10-14-6-3-1-2-4-7(6)15-10/h1-4H,5H2,(H4,11,12,13)(H2,14,15,16,17). The summed E-state index contributed by atoms with van der Waals surface area (Å²) >= 11 is 0. The number of fused-ring (bicyclic) bond motifs is 1. The Hall–Kier alpha value is -2.57. The lowest BCUT2D eigenvalue weighted by molar-refractivity contribution is -0.114. The SMILES string of the molecule is NC(N)=NCC(=O)Nc1nc2ccccc2[nH]1. The fraction of sp³-hybridized carbons (Fsp3) is 0.100. The van der Waals surface area contributed by atoms with Gasteiger partial charge in [0.15, 0.2) is 5.96 Å². The summed E-state index contributed by atoms with van der Waals surface area (Å²) in [4.78, 5) is 22.1. The van der Waals surface area contributed by atoms with Crippen molar-refractivity contribution in [3.8, 4) is 0 Å². The number of benzene rings is 1. The molecule has 0 unspecified atom stereocenters. The zero-order valence-electron chi connectivity index (χ0n) is 8.97. The highest BCUT2D eigenvalue weighted by Gasteiger charge is 2.05. The summed E-state index contributed by atoms with van der Waals surface area (Å²) in [7, 11) is 0. The summed E-state index contributed by atoms with van der Waals surface area (Å²) in [5.41, 5.74) is 11.9. The van der Waals surface area contributed by atoms with Gasteiger partial charge in [0, 0.05) is 0 Å². The topological polar surface area (TPSA) is 122 Å². The summed E-state index contributed by atoms with van der Waals surface area (Å²) in [5, 5.41) is 2.56. The predicted octanol–water partition coefficient (Wildman–Crippen LogP) is -0.225. The van der Waals surface area contributed by atoms with Crippen LogP contribution < -0.4 is 16.8 Å². The molecule has 0 saturated carbocycles. The van der Waals surface area contributed by atoms with Crippen LogP contribution in [-0.4, -0.2) is 28.4 Å². The third kappa shape index (κ3) is 2.71. The second kappa shape index (κ2) is 4.52. The third-order valence-electron chi connectivity index (χ3n) is 2.05. The van der Waals surface area contributed by atoms with Crippen LogP contribution >= 0.6 is 0 Å². The monoisotopic (exact) mass is 232 g/mol. The van der Waals surface area contributed by atoms with Crippen LogP contribution in [0.2, 0.25) is 0 Å². The maximum atomic E-state index is 11.4. The van der Waals surface area contributed by atoms with Crippen LogP contribution in [0.25, 0.3) is 11.0 Å². The van der Waals surface area contributed by atoms with Crippen molar-refractivity contribution in [3.05, 3.63) is 24.3 Å². The number of hydrogen-bond donors (Lipinski definition) is 4. The lowest BCUT2D eigenvalue weighted by atomic mass is 10.3. The number of rotatable bonds is 3. The second-order valence-electron chi connectivity index (χ2n) is 3.39. The number of hydrogen-bond acceptors (Lipinski definition) is 3. The molecule has 0 spiro atoms. The van der Waals surface area contributed by atoms with Crippen LogP contribution in [0, 0.1) is 0 Å². The normalized spacial score (nSPS) is 10.1. The van der Waals surface area contributed by atoms with Crippen molar-refractivity contribution in [2.75, 3.05) is 11.9 Å². The largest absolute Gasteiger partial charge is 0.370 e. The van der Waals surface area contributed by atoms with Gasteiger partial charge in [0.25, 0.3) is 0 Å². The van der Waals surface area contributed by atoms with Crippen molar-refractivity contribution in [1.82, 2.24) is 9.97 Å². The first-order valence-electron chi connectivity index (χ1n) is 4.95. The van der Waals surface area contributed by atoms with E-state index in [1.165, 1.54) is 0 Å². The molecule has 7 nitrogen and oxygen atoms in total. The molecule has 6 N–H and O–H groups in total. The molecule has 88 valence electrons. The first-order chi connectivity index (χ1) is 8.15. The number of imidazole rings is 1. The summed E-state index contributed by atoms with van der Waals surface area (Å²) in [6.45, 7) is -0.126. The molecule has 0 fully saturated rings. The lowest BCUT2D eigenvalue weighted by Gasteiger charge is -1.97. The lowest BCUT2D eigenvalue weighted by Crippen LogP contribution is -2.25. The number of aliphatic imine (C=N–C) groups is 1. The Kier molecular flexibility index (Phi) is 2.91. The number of carbonyl (C=O) groups is 1. The van der Waals surface area contributed by atoms with Crippen molar-refractivity contribution < 1.29 is 4.79 Å². The van der Waals surface area contributed by atoms with Gasteiger partial charge in [-0.2, -0.15) is 0 Å². The van der Waals surface area contributed by atoms with Crippen molar-refractivity contribution in [2.45, 2.75) is 0 Å². The van der Waals surface area contributed by atoms with Gasteiger partial charge in [-0.05, 0) is 12.1 Å². The number of amides is 1. The number of H-pyrrole nitrogens is 1. The molecule has 0 aliphatic rings. The zero-order chi connectivity index (χ0) is 12.3. The van der Waals surface area contributed by atoms with E-state index in [9.17, 15) is 4.79 Å². The predicted molar refractivity (Wildman–Crippen MR) is 65.4 cm³/mol. The van der Waals surface area contributed by atoms with E-state index in [-0.39, 0.29) is 18.4 Å². The van der Waals surface area contributed by atoms with Crippen LogP contribution in [-0.2, 0) is 4.79 Å². The minimum Gasteiger partial charge on any atom is -0.370 e. The maximum Gasteiger partial charge on any atom is 0.248 e. The van der Waals surface area contributed by atoms with E-state index < -0.39 is 0 Å². The van der Waals surface area contributed by atoms with Crippen molar-refractivity contribution in [3.63, 3.8) is 0 Å². The molecule has 0 radical (unpaired) electrons. The van der Waals surface area contributed by atoms with Gasteiger partial charge in [0.05, 0.1) is 11.0 Å². The Labute approximate surface area is 96.9 Å². The molecular formula is C10H12N6O. The zero-order valence-corrected chi connectivity index (χ0v) is 8.97. The number of nitrogens with two attached hydrogens (primary N) is 2. The molecular weight excluding hydrogens is 220 g/mol. The summed E-state index contributed by atoms with van der Waals surface area (Å²) < 4.78 is 0. The van der Waals surface area contributed by atoms with E-state index >= 15 is 0 Å². The van der Waals surface area contributed by atoms with Crippen LogP contribution in [0.4, 0.5) is 5.95 Å². The Bertz CT molecular complexity index is 536. The van der Waals surface area contributed by atoms with Crippen LogP contribution in [0.1, 0.15) is 0 Å². The molecule has 7 heteroatoms. The number of nitrogens with zero attached hydrogens (tertiary/aromatic N) is 2. The molecule has 1 aromatic carbocycles. The number of carbonyl (C=O) groups excluding carboxylic acids is 1. The number of para-hydroxylation sites is 2. The van der Waals surface area contributed by atoms with Gasteiger partial charge >= 0.3 is 0 Å². The van der Waals surface area contributed by atoms with E-state index in [1.807, 2.05) is 24.3 Å². The van der Waals surface area contributed by atoms with Crippen molar-refractivity contribution >= 4 is 28.8 Å². The average Bonchev–Trinajstić information content (AvgIpc) is 2.68. The van der Waals surface area contributed by atoms with Crippen LogP contribution in [0.3, 0.4) is 0 Å². The molecule has 1 aromatic heterocycles. The van der Waals surface area contributed by atoms with Gasteiger partial charge in [-0.3, -0.25) is 10.1 Å². The fourth-order valence-corrected chi connectivity index (χ4v) is 1.35. The van der Waals surface area contributed by atoms with E-state index in [0.717, 1.165) is 11.0 Å². The molecule has 0 atom stereocenters. The summed E-state index contributed by atoms with van der Waals surface area (Å²) in [6.07, 6.45) is 0. The van der Waals surface area contributed by atoms with Gasteiger partial charge < -0.3 is 16.5 Å². The Balaban J connectivity index is 2.08. The second-order valence-corrected chi connectivity index (χ2v) is 3.39. The highest BCUT2D eigenvalue weighted by molar-refractivity contribution is 5.93. The molecule has 0 aliphatic carbocycles. The fourth-order valence-electron chi connectivity index (χ4n) is 1.35. The maximum absolute atomic E-state index is 11.4. The smallest absolute Gasteiger partial charge is 0.248 e. The molecule has 2 aromatic rings. The Morgan fingerprint density at radius 3 is 2.88 bits per heavy atom. The first-order valence-corrected chi connectivity index (χ1v) is 4.95. The van der Waals surface area contributed by atoms with E-state index in [1.54, 1.807) is 0 Å². The van der Waals surface area contributed by atoms with Crippen LogP contribution in [0.5, 0.6) is 0 Å². The average molecular weight is 232 g/mol. The molecule has 0 aliphatic heterocycles. The van der Waals surface area contributed by atoms with E-state index in [0.29, 0.717) is 5.95 Å². The number of nitrogens with one attached hydrogen (secondary N) is 2. The van der Waals surface area contributed by atoms with Gasteiger partial charge in [-0.25, -0.2) is 9.98 Å². The minimum atomic E-state index is -0.336. The molecule has 0 bridgehead atoms. The highest BCUT2D eigenvalue weighted by Crippen LogP contribution is 2.12. The Morgan fingerprint density at radius 1 is 1.41 bits per heavy atom. The van der Waals surface area contributed by atoms with Gasteiger partial charge in [-0.15, -0.1) is 0 Å².